The van der Waals surface area contributed by atoms with Crippen LogP contribution in [0, 0.1) is 0 Å². The number of rotatable bonds is 5. The van der Waals surface area contributed by atoms with Crippen LogP contribution in [-0.4, -0.2) is 51.1 Å². The van der Waals surface area contributed by atoms with E-state index in [0.717, 1.165) is 25.9 Å². The van der Waals surface area contributed by atoms with E-state index in [0.29, 0.717) is 12.3 Å². The van der Waals surface area contributed by atoms with Gasteiger partial charge in [-0.25, -0.2) is 13.1 Å². The maximum Gasteiger partial charge on any atom is 0.211 e. The minimum Gasteiger partial charge on any atom is -0.305 e. The van der Waals surface area contributed by atoms with Crippen molar-refractivity contribution in [1.29, 1.82) is 0 Å². The topological polar surface area (TPSA) is 49.4 Å². The largest absolute Gasteiger partial charge is 0.305 e. The first kappa shape index (κ1) is 13.2. The minimum atomic E-state index is -3.13. The first-order valence-electron chi connectivity index (χ1n) is 5.28. The number of sulfonamides is 1. The summed E-state index contributed by atoms with van der Waals surface area (Å²) >= 11 is 5.47. The summed E-state index contributed by atoms with van der Waals surface area (Å²) in [5.74, 6) is 0.530. The van der Waals surface area contributed by atoms with E-state index >= 15 is 0 Å². The number of likely N-dealkylation sites (N-methyl/N-ethyl adjacent to an activating group) is 1. The van der Waals surface area contributed by atoms with Crippen LogP contribution in [0.4, 0.5) is 0 Å². The number of nitrogens with one attached hydrogen (secondary N) is 1. The number of hydrogen-bond donors (Lipinski definition) is 1. The van der Waals surface area contributed by atoms with E-state index < -0.39 is 10.0 Å². The second-order valence-corrected chi connectivity index (χ2v) is 6.33. The summed E-state index contributed by atoms with van der Waals surface area (Å²) in [7, 11) is -1.11. The van der Waals surface area contributed by atoms with Crippen molar-refractivity contribution in [2.24, 2.45) is 0 Å². The maximum atomic E-state index is 11.6. The van der Waals surface area contributed by atoms with E-state index in [2.05, 4.69) is 9.62 Å². The SMILES string of the molecule is CN1CCCC(NS(=O)(=O)CCCCl)C1. The van der Waals surface area contributed by atoms with Crippen molar-refractivity contribution >= 4 is 21.6 Å². The van der Waals surface area contributed by atoms with Crippen LogP contribution < -0.4 is 4.72 Å². The van der Waals surface area contributed by atoms with Gasteiger partial charge in [0.05, 0.1) is 5.75 Å². The van der Waals surface area contributed by atoms with Gasteiger partial charge in [0.1, 0.15) is 0 Å². The Bertz CT molecular complexity index is 282. The highest BCUT2D eigenvalue weighted by Gasteiger charge is 2.21. The fourth-order valence-corrected chi connectivity index (χ4v) is 3.45. The zero-order valence-corrected chi connectivity index (χ0v) is 10.6. The highest BCUT2D eigenvalue weighted by Crippen LogP contribution is 2.09. The molecule has 1 N–H and O–H groups in total. The summed E-state index contributed by atoms with van der Waals surface area (Å²) in [4.78, 5) is 2.15. The Morgan fingerprint density at radius 2 is 2.27 bits per heavy atom. The molecule has 1 unspecified atom stereocenters. The van der Waals surface area contributed by atoms with Crippen molar-refractivity contribution in [3.05, 3.63) is 0 Å². The number of piperidine rings is 1. The Labute approximate surface area is 97.0 Å². The Kier molecular flexibility index (Phi) is 5.32. The molecule has 90 valence electrons. The molecule has 1 aliphatic heterocycles. The average molecular weight is 255 g/mol. The van der Waals surface area contributed by atoms with Crippen molar-refractivity contribution in [1.82, 2.24) is 9.62 Å². The molecule has 15 heavy (non-hydrogen) atoms. The second-order valence-electron chi connectivity index (χ2n) is 4.08. The van der Waals surface area contributed by atoms with Crippen LogP contribution in [0.1, 0.15) is 19.3 Å². The lowest BCUT2D eigenvalue weighted by Gasteiger charge is -2.29. The molecule has 0 saturated carbocycles. The lowest BCUT2D eigenvalue weighted by molar-refractivity contribution is 0.242. The molecule has 1 heterocycles. The number of halogens is 1. The van der Waals surface area contributed by atoms with Crippen molar-refractivity contribution < 1.29 is 8.42 Å². The van der Waals surface area contributed by atoms with Gasteiger partial charge in [0.15, 0.2) is 0 Å². The van der Waals surface area contributed by atoms with E-state index in [1.165, 1.54) is 0 Å². The molecule has 0 amide bonds. The van der Waals surface area contributed by atoms with E-state index in [-0.39, 0.29) is 11.8 Å². The molecule has 0 bridgehead atoms. The van der Waals surface area contributed by atoms with E-state index in [1.54, 1.807) is 0 Å². The van der Waals surface area contributed by atoms with Crippen LogP contribution in [0.2, 0.25) is 0 Å². The summed E-state index contributed by atoms with van der Waals surface area (Å²) in [6.45, 7) is 1.86. The van der Waals surface area contributed by atoms with Gasteiger partial charge in [-0.15, -0.1) is 11.6 Å². The van der Waals surface area contributed by atoms with Crippen molar-refractivity contribution in [2.45, 2.75) is 25.3 Å². The first-order chi connectivity index (χ1) is 7.03. The summed E-state index contributed by atoms with van der Waals surface area (Å²) in [6, 6.07) is 0.0732. The number of alkyl halides is 1. The number of nitrogens with zero attached hydrogens (tertiary/aromatic N) is 1. The Morgan fingerprint density at radius 3 is 2.87 bits per heavy atom. The minimum absolute atomic E-state index is 0.0732. The number of hydrogen-bond acceptors (Lipinski definition) is 3. The maximum absolute atomic E-state index is 11.6. The fourth-order valence-electron chi connectivity index (χ4n) is 1.82. The Balaban J connectivity index is 2.39. The molecule has 0 aromatic carbocycles. The van der Waals surface area contributed by atoms with Crippen LogP contribution >= 0.6 is 11.6 Å². The normalized spacial score (nSPS) is 24.3. The molecule has 1 rings (SSSR count). The summed E-state index contributed by atoms with van der Waals surface area (Å²) in [5.41, 5.74) is 0. The molecule has 0 radical (unpaired) electrons. The van der Waals surface area contributed by atoms with Gasteiger partial charge in [-0.3, -0.25) is 0 Å². The van der Waals surface area contributed by atoms with Gasteiger partial charge in [-0.2, -0.15) is 0 Å². The van der Waals surface area contributed by atoms with Gasteiger partial charge < -0.3 is 4.90 Å². The van der Waals surface area contributed by atoms with Crippen LogP contribution in [0.5, 0.6) is 0 Å². The molecule has 1 saturated heterocycles. The van der Waals surface area contributed by atoms with Crippen LogP contribution in [-0.2, 0) is 10.0 Å². The lowest BCUT2D eigenvalue weighted by atomic mass is 10.1. The zero-order chi connectivity index (χ0) is 11.3. The highest BCUT2D eigenvalue weighted by atomic mass is 35.5. The standard InChI is InChI=1S/C9H19ClN2O2S/c1-12-6-2-4-9(8-12)11-15(13,14)7-3-5-10/h9,11H,2-8H2,1H3. The fraction of sp³-hybridized carbons (Fsp3) is 1.00. The van der Waals surface area contributed by atoms with Crippen molar-refractivity contribution in [3.8, 4) is 0 Å². The highest BCUT2D eigenvalue weighted by molar-refractivity contribution is 7.89. The Hall–Kier alpha value is 0.160. The van der Waals surface area contributed by atoms with Gasteiger partial charge in [0.25, 0.3) is 0 Å². The third-order valence-electron chi connectivity index (χ3n) is 2.52. The smallest absolute Gasteiger partial charge is 0.211 e. The predicted octanol–water partition coefficient (Wildman–Crippen LogP) is 0.629. The van der Waals surface area contributed by atoms with Crippen LogP contribution in [0.25, 0.3) is 0 Å². The molecule has 6 heteroatoms. The van der Waals surface area contributed by atoms with Gasteiger partial charge >= 0.3 is 0 Å². The molecule has 1 fully saturated rings. The first-order valence-corrected chi connectivity index (χ1v) is 7.47. The quantitative estimate of drug-likeness (QED) is 0.733. The molecule has 1 atom stereocenters. The number of likely N-dealkylation sites (tertiary alicyclic amines) is 1. The zero-order valence-electron chi connectivity index (χ0n) is 9.08. The van der Waals surface area contributed by atoms with Gasteiger partial charge in [-0.1, -0.05) is 0 Å². The third-order valence-corrected chi connectivity index (χ3v) is 4.30. The molecule has 0 aromatic rings. The van der Waals surface area contributed by atoms with Crippen LogP contribution in [0.15, 0.2) is 0 Å². The lowest BCUT2D eigenvalue weighted by Crippen LogP contribution is -2.46. The summed E-state index contributed by atoms with van der Waals surface area (Å²) in [6.07, 6.45) is 2.50. The van der Waals surface area contributed by atoms with Crippen LogP contribution in [0.3, 0.4) is 0 Å². The molecular weight excluding hydrogens is 236 g/mol. The molecular formula is C9H19ClN2O2S. The summed E-state index contributed by atoms with van der Waals surface area (Å²) < 4.78 is 25.9. The average Bonchev–Trinajstić information content (AvgIpc) is 2.14. The van der Waals surface area contributed by atoms with Gasteiger partial charge in [0, 0.05) is 18.5 Å². The molecule has 0 spiro atoms. The molecule has 0 aliphatic carbocycles. The van der Waals surface area contributed by atoms with E-state index in [9.17, 15) is 8.42 Å². The van der Waals surface area contributed by atoms with Crippen molar-refractivity contribution in [2.75, 3.05) is 31.8 Å². The monoisotopic (exact) mass is 254 g/mol. The van der Waals surface area contributed by atoms with Gasteiger partial charge in [0.2, 0.25) is 10.0 Å². The van der Waals surface area contributed by atoms with E-state index in [4.69, 9.17) is 11.6 Å². The predicted molar refractivity (Wildman–Crippen MR) is 62.8 cm³/mol. The van der Waals surface area contributed by atoms with E-state index in [1.807, 2.05) is 7.05 Å². The molecule has 4 nitrogen and oxygen atoms in total. The third kappa shape index (κ3) is 5.15. The van der Waals surface area contributed by atoms with Gasteiger partial charge in [-0.05, 0) is 32.9 Å². The molecule has 1 aliphatic rings. The molecule has 0 aromatic heterocycles. The second kappa shape index (κ2) is 6.03. The Morgan fingerprint density at radius 1 is 1.53 bits per heavy atom. The summed E-state index contributed by atoms with van der Waals surface area (Å²) in [5, 5.41) is 0. The van der Waals surface area contributed by atoms with Crippen molar-refractivity contribution in [3.63, 3.8) is 0 Å².